The maximum absolute atomic E-state index is 12.0. The van der Waals surface area contributed by atoms with Gasteiger partial charge in [0.05, 0.1) is 0 Å². The van der Waals surface area contributed by atoms with E-state index in [1.54, 1.807) is 24.3 Å². The van der Waals surface area contributed by atoms with E-state index in [2.05, 4.69) is 4.72 Å². The minimum atomic E-state index is -3.41. The van der Waals surface area contributed by atoms with E-state index in [0.29, 0.717) is 4.90 Å². The van der Waals surface area contributed by atoms with Crippen molar-refractivity contribution in [2.75, 3.05) is 0 Å². The Morgan fingerprint density at radius 1 is 1.12 bits per heavy atom. The molecule has 3 nitrogen and oxygen atoms in total. The zero-order valence-electron chi connectivity index (χ0n) is 9.50. The Kier molecular flexibility index (Phi) is 3.36. The molecular formula is C13H14NO2S-. The van der Waals surface area contributed by atoms with Gasteiger partial charge in [0.1, 0.15) is 0 Å². The molecule has 0 saturated heterocycles. The molecule has 0 aliphatic heterocycles. The van der Waals surface area contributed by atoms with Crippen LogP contribution in [-0.2, 0) is 10.0 Å². The summed E-state index contributed by atoms with van der Waals surface area (Å²) in [6, 6.07) is 15.8. The largest absolute Gasteiger partial charge is 0.217 e. The molecule has 4 heteroatoms. The Bertz CT molecular complexity index is 559. The average molecular weight is 248 g/mol. The molecule has 1 atom stereocenters. The molecule has 0 aliphatic carbocycles. The van der Waals surface area contributed by atoms with Crippen LogP contribution in [0.5, 0.6) is 0 Å². The Balaban J connectivity index is 2.17. The van der Waals surface area contributed by atoms with Gasteiger partial charge in [-0.05, 0) is 17.4 Å². The molecule has 0 aromatic heterocycles. The lowest BCUT2D eigenvalue weighted by atomic mass is 10.1. The van der Waals surface area contributed by atoms with Crippen molar-refractivity contribution in [2.24, 2.45) is 0 Å². The second kappa shape index (κ2) is 4.77. The predicted octanol–water partition coefficient (Wildman–Crippen LogP) is 2.45. The van der Waals surface area contributed by atoms with E-state index in [4.69, 9.17) is 0 Å². The second-order valence-corrected chi connectivity index (χ2v) is 5.59. The SMILES string of the molecule is C[C@@H](NS(=O)(=O)c1ccc[cH-]1)c1ccccc1. The summed E-state index contributed by atoms with van der Waals surface area (Å²) in [7, 11) is -3.41. The van der Waals surface area contributed by atoms with Crippen molar-refractivity contribution in [1.82, 2.24) is 4.72 Å². The molecule has 0 aliphatic rings. The third-order valence-electron chi connectivity index (χ3n) is 2.57. The van der Waals surface area contributed by atoms with Crippen molar-refractivity contribution < 1.29 is 8.42 Å². The molecule has 0 fully saturated rings. The summed E-state index contributed by atoms with van der Waals surface area (Å²) in [6.07, 6.45) is 0. The number of nitrogens with one attached hydrogen (secondary N) is 1. The predicted molar refractivity (Wildman–Crippen MR) is 67.2 cm³/mol. The van der Waals surface area contributed by atoms with Crippen LogP contribution in [0.15, 0.2) is 59.5 Å². The van der Waals surface area contributed by atoms with Gasteiger partial charge < -0.3 is 0 Å². The third-order valence-corrected chi connectivity index (χ3v) is 4.13. The van der Waals surface area contributed by atoms with Gasteiger partial charge in [0.25, 0.3) is 0 Å². The highest BCUT2D eigenvalue weighted by Gasteiger charge is 2.14. The molecule has 0 heterocycles. The number of benzene rings is 1. The molecule has 2 aromatic rings. The lowest BCUT2D eigenvalue weighted by Crippen LogP contribution is -2.26. The van der Waals surface area contributed by atoms with E-state index < -0.39 is 10.0 Å². The monoisotopic (exact) mass is 248 g/mol. The molecule has 0 unspecified atom stereocenters. The van der Waals surface area contributed by atoms with Crippen molar-refractivity contribution in [3.8, 4) is 0 Å². The summed E-state index contributed by atoms with van der Waals surface area (Å²) >= 11 is 0. The zero-order chi connectivity index (χ0) is 12.3. The van der Waals surface area contributed by atoms with Crippen molar-refractivity contribution in [2.45, 2.75) is 17.9 Å². The van der Waals surface area contributed by atoms with Crippen LogP contribution in [0.3, 0.4) is 0 Å². The van der Waals surface area contributed by atoms with E-state index in [-0.39, 0.29) is 6.04 Å². The topological polar surface area (TPSA) is 46.2 Å². The lowest BCUT2D eigenvalue weighted by molar-refractivity contribution is 0.567. The Morgan fingerprint density at radius 3 is 2.41 bits per heavy atom. The smallest absolute Gasteiger partial charge is 0.212 e. The highest BCUT2D eigenvalue weighted by Crippen LogP contribution is 2.16. The molecule has 0 spiro atoms. The third kappa shape index (κ3) is 2.78. The highest BCUT2D eigenvalue weighted by atomic mass is 32.2. The number of hydrogen-bond donors (Lipinski definition) is 1. The first kappa shape index (κ1) is 12.0. The fourth-order valence-electron chi connectivity index (χ4n) is 1.65. The molecule has 0 saturated carbocycles. The van der Waals surface area contributed by atoms with Gasteiger partial charge in [-0.15, -0.1) is 0 Å². The number of rotatable bonds is 4. The van der Waals surface area contributed by atoms with Gasteiger partial charge in [-0.2, -0.15) is 18.2 Å². The van der Waals surface area contributed by atoms with Gasteiger partial charge in [-0.3, -0.25) is 0 Å². The summed E-state index contributed by atoms with van der Waals surface area (Å²) in [5.74, 6) is 0. The maximum atomic E-state index is 12.0. The molecule has 2 aromatic carbocycles. The van der Waals surface area contributed by atoms with Crippen LogP contribution in [0, 0.1) is 0 Å². The summed E-state index contributed by atoms with van der Waals surface area (Å²) in [5, 5.41) is 0. The minimum Gasteiger partial charge on any atom is -0.212 e. The van der Waals surface area contributed by atoms with E-state index in [0.717, 1.165) is 5.56 Å². The van der Waals surface area contributed by atoms with Gasteiger partial charge in [0.2, 0.25) is 10.0 Å². The molecule has 1 N–H and O–H groups in total. The summed E-state index contributed by atoms with van der Waals surface area (Å²) in [6.45, 7) is 1.83. The van der Waals surface area contributed by atoms with E-state index in [1.165, 1.54) is 0 Å². The van der Waals surface area contributed by atoms with Crippen LogP contribution in [0.25, 0.3) is 0 Å². The van der Waals surface area contributed by atoms with Gasteiger partial charge in [-0.1, -0.05) is 30.3 Å². The summed E-state index contributed by atoms with van der Waals surface area (Å²) in [5.41, 5.74) is 0.947. The fraction of sp³-hybridized carbons (Fsp3) is 0.154. The lowest BCUT2D eigenvalue weighted by Gasteiger charge is -2.15. The Hall–Kier alpha value is -1.52. The standard InChI is InChI=1S/C13H14NO2S/c1-11(12-7-3-2-4-8-12)14-17(15,16)13-9-5-6-10-13/h2-11,14H,1H3/q-1/t11-/m1/s1. The minimum absolute atomic E-state index is 0.240. The average Bonchev–Trinajstić information content (AvgIpc) is 2.84. The van der Waals surface area contributed by atoms with Crippen LogP contribution in [-0.4, -0.2) is 8.42 Å². The van der Waals surface area contributed by atoms with E-state index in [9.17, 15) is 8.42 Å². The first-order valence-electron chi connectivity index (χ1n) is 5.38. The second-order valence-electron chi connectivity index (χ2n) is 3.87. The highest BCUT2D eigenvalue weighted by molar-refractivity contribution is 7.89. The van der Waals surface area contributed by atoms with Crippen LogP contribution >= 0.6 is 0 Å². The molecule has 90 valence electrons. The molecule has 17 heavy (non-hydrogen) atoms. The fourth-order valence-corrected chi connectivity index (χ4v) is 2.90. The van der Waals surface area contributed by atoms with E-state index >= 15 is 0 Å². The van der Waals surface area contributed by atoms with Gasteiger partial charge >= 0.3 is 0 Å². The maximum Gasteiger partial charge on any atom is 0.217 e. The molecule has 2 rings (SSSR count). The molecule has 0 amide bonds. The molecule has 0 bridgehead atoms. The number of hydrogen-bond acceptors (Lipinski definition) is 2. The van der Waals surface area contributed by atoms with Gasteiger partial charge in [-0.25, -0.2) is 19.2 Å². The van der Waals surface area contributed by atoms with Crippen LogP contribution in [0.2, 0.25) is 0 Å². The Labute approximate surface area is 102 Å². The quantitative estimate of drug-likeness (QED) is 0.845. The van der Waals surface area contributed by atoms with Crippen molar-refractivity contribution in [3.63, 3.8) is 0 Å². The van der Waals surface area contributed by atoms with Gasteiger partial charge in [0.15, 0.2) is 0 Å². The number of sulfonamides is 1. The Morgan fingerprint density at radius 2 is 1.82 bits per heavy atom. The van der Waals surface area contributed by atoms with Crippen LogP contribution < -0.4 is 4.72 Å². The molecule has 0 radical (unpaired) electrons. The normalized spacial score (nSPS) is 13.5. The van der Waals surface area contributed by atoms with Crippen LogP contribution in [0.4, 0.5) is 0 Å². The zero-order valence-corrected chi connectivity index (χ0v) is 10.3. The summed E-state index contributed by atoms with van der Waals surface area (Å²) in [4.78, 5) is 0.306. The van der Waals surface area contributed by atoms with Crippen molar-refractivity contribution in [1.29, 1.82) is 0 Å². The summed E-state index contributed by atoms with van der Waals surface area (Å²) < 4.78 is 26.6. The van der Waals surface area contributed by atoms with Gasteiger partial charge in [0, 0.05) is 6.04 Å². The first-order chi connectivity index (χ1) is 8.09. The van der Waals surface area contributed by atoms with E-state index in [1.807, 2.05) is 37.3 Å². The van der Waals surface area contributed by atoms with Crippen molar-refractivity contribution >= 4 is 10.0 Å². The molecular weight excluding hydrogens is 234 g/mol. The first-order valence-corrected chi connectivity index (χ1v) is 6.87. The van der Waals surface area contributed by atoms with Crippen LogP contribution in [0.1, 0.15) is 18.5 Å². The van der Waals surface area contributed by atoms with Crippen molar-refractivity contribution in [3.05, 3.63) is 60.2 Å².